The lowest BCUT2D eigenvalue weighted by atomic mass is 10.1. The number of nitrogens with one attached hydrogen (secondary N) is 1. The van der Waals surface area contributed by atoms with Crippen molar-refractivity contribution in [2.75, 3.05) is 11.2 Å². The summed E-state index contributed by atoms with van der Waals surface area (Å²) in [6, 6.07) is 2.78. The van der Waals surface area contributed by atoms with Gasteiger partial charge < -0.3 is 5.32 Å². The third-order valence-electron chi connectivity index (χ3n) is 3.69. The highest BCUT2D eigenvalue weighted by Gasteiger charge is 2.35. The number of thioether (sulfide) groups is 1. The van der Waals surface area contributed by atoms with E-state index in [2.05, 4.69) is 19.2 Å². The number of halogens is 3. The van der Waals surface area contributed by atoms with Gasteiger partial charge in [0.2, 0.25) is 0 Å². The third-order valence-corrected chi connectivity index (χ3v) is 5.04. The van der Waals surface area contributed by atoms with E-state index in [1.807, 2.05) is 0 Å². The van der Waals surface area contributed by atoms with Crippen molar-refractivity contribution in [1.82, 2.24) is 0 Å². The zero-order valence-corrected chi connectivity index (χ0v) is 14.7. The molecule has 8 heteroatoms. The van der Waals surface area contributed by atoms with Crippen LogP contribution in [0.3, 0.4) is 0 Å². The van der Waals surface area contributed by atoms with Crippen molar-refractivity contribution in [3.8, 4) is 0 Å². The molecule has 0 saturated carbocycles. The zero-order valence-electron chi connectivity index (χ0n) is 13.9. The number of rotatable bonds is 10. The molecular weight excluding hydrogens is 341 g/mol. The summed E-state index contributed by atoms with van der Waals surface area (Å²) in [6.45, 7) is 4.19. The zero-order chi connectivity index (χ0) is 18.2. The molecule has 136 valence electrons. The number of unbranched alkanes of at least 4 members (excludes halogenated alkanes) is 2. The standard InChI is InChI=1S/C16H23F3N2O2S/c1-3-5-6-7-13(4-2)24-11-20-15-9-8-12(21(22)23)10-14(15)16(17,18)19/h8-10,13,20H,3-7,11H2,1-2H3/t13-/m1/s1. The molecule has 4 nitrogen and oxygen atoms in total. The molecule has 0 heterocycles. The minimum Gasteiger partial charge on any atom is -0.376 e. The van der Waals surface area contributed by atoms with Gasteiger partial charge in [-0.2, -0.15) is 13.2 Å². The number of hydrogen-bond donors (Lipinski definition) is 1. The first-order valence-corrected chi connectivity index (χ1v) is 9.05. The fourth-order valence-electron chi connectivity index (χ4n) is 2.30. The summed E-state index contributed by atoms with van der Waals surface area (Å²) in [7, 11) is 0. The number of nitrogens with zero attached hydrogens (tertiary/aromatic N) is 1. The van der Waals surface area contributed by atoms with Crippen molar-refractivity contribution in [3.05, 3.63) is 33.9 Å². The molecular formula is C16H23F3N2O2S. The number of nitro benzene ring substituents is 1. The molecule has 1 aromatic rings. The maximum absolute atomic E-state index is 13.1. The largest absolute Gasteiger partial charge is 0.418 e. The number of hydrogen-bond acceptors (Lipinski definition) is 4. The van der Waals surface area contributed by atoms with E-state index in [-0.39, 0.29) is 5.69 Å². The first-order chi connectivity index (χ1) is 11.3. The molecule has 0 saturated heterocycles. The summed E-state index contributed by atoms with van der Waals surface area (Å²) in [6.07, 6.45) is 0.783. The van der Waals surface area contributed by atoms with Crippen LogP contribution in [0, 0.1) is 10.1 Å². The van der Waals surface area contributed by atoms with Crippen molar-refractivity contribution >= 4 is 23.1 Å². The summed E-state index contributed by atoms with van der Waals surface area (Å²) >= 11 is 1.58. The van der Waals surface area contributed by atoms with E-state index in [1.165, 1.54) is 0 Å². The number of non-ortho nitro benzene ring substituents is 1. The van der Waals surface area contributed by atoms with Crippen LogP contribution in [0.25, 0.3) is 0 Å². The van der Waals surface area contributed by atoms with Crippen LogP contribution in [0.5, 0.6) is 0 Å². The average molecular weight is 364 g/mol. The summed E-state index contributed by atoms with van der Waals surface area (Å²) in [5, 5.41) is 13.8. The van der Waals surface area contributed by atoms with E-state index in [0.717, 1.165) is 44.2 Å². The molecule has 0 amide bonds. The first kappa shape index (κ1) is 20.6. The molecule has 0 unspecified atom stereocenters. The molecule has 1 aromatic carbocycles. The van der Waals surface area contributed by atoms with E-state index < -0.39 is 22.4 Å². The molecule has 0 radical (unpaired) electrons. The van der Waals surface area contributed by atoms with Crippen LogP contribution < -0.4 is 5.32 Å². The Bertz CT molecular complexity index is 539. The SMILES string of the molecule is CCCCC[C@@H](CC)SCNc1ccc([N+](=O)[O-])cc1C(F)(F)F. The second-order valence-electron chi connectivity index (χ2n) is 5.50. The third kappa shape index (κ3) is 6.59. The van der Waals surface area contributed by atoms with Crippen molar-refractivity contribution in [2.24, 2.45) is 0 Å². The van der Waals surface area contributed by atoms with E-state index in [0.29, 0.717) is 17.2 Å². The maximum atomic E-state index is 13.1. The van der Waals surface area contributed by atoms with E-state index in [9.17, 15) is 23.3 Å². The minimum absolute atomic E-state index is 0.121. The Hall–Kier alpha value is -1.44. The Labute approximate surface area is 144 Å². The fraction of sp³-hybridized carbons (Fsp3) is 0.625. The quantitative estimate of drug-likeness (QED) is 0.237. The van der Waals surface area contributed by atoms with Gasteiger partial charge in [0.25, 0.3) is 5.69 Å². The van der Waals surface area contributed by atoms with E-state index >= 15 is 0 Å². The molecule has 0 aliphatic carbocycles. The van der Waals surface area contributed by atoms with E-state index in [1.54, 1.807) is 11.8 Å². The molecule has 0 spiro atoms. The normalized spacial score (nSPS) is 12.9. The second kappa shape index (κ2) is 9.76. The Morgan fingerprint density at radius 2 is 2.00 bits per heavy atom. The molecule has 24 heavy (non-hydrogen) atoms. The lowest BCUT2D eigenvalue weighted by Gasteiger charge is -2.17. The van der Waals surface area contributed by atoms with Gasteiger partial charge in [-0.15, -0.1) is 11.8 Å². The predicted molar refractivity (Wildman–Crippen MR) is 92.4 cm³/mol. The molecule has 1 rings (SSSR count). The van der Waals surface area contributed by atoms with Crippen molar-refractivity contribution in [3.63, 3.8) is 0 Å². The molecule has 0 aromatic heterocycles. The lowest BCUT2D eigenvalue weighted by Crippen LogP contribution is -2.13. The van der Waals surface area contributed by atoms with Gasteiger partial charge in [-0.1, -0.05) is 33.1 Å². The Balaban J connectivity index is 2.71. The van der Waals surface area contributed by atoms with Crippen LogP contribution in [0.4, 0.5) is 24.5 Å². The van der Waals surface area contributed by atoms with Crippen LogP contribution in [0.15, 0.2) is 18.2 Å². The number of alkyl halides is 3. The second-order valence-corrected chi connectivity index (χ2v) is 6.79. The summed E-state index contributed by atoms with van der Waals surface area (Å²) in [5.74, 6) is 0.339. The molecule has 0 aliphatic rings. The number of nitro groups is 1. The molecule has 1 atom stereocenters. The summed E-state index contributed by atoms with van der Waals surface area (Å²) in [4.78, 5) is 9.85. The maximum Gasteiger partial charge on any atom is 0.418 e. The van der Waals surface area contributed by atoms with Gasteiger partial charge in [0.15, 0.2) is 0 Å². The molecule has 1 N–H and O–H groups in total. The topological polar surface area (TPSA) is 55.2 Å². The highest BCUT2D eigenvalue weighted by Crippen LogP contribution is 2.37. The van der Waals surface area contributed by atoms with Gasteiger partial charge in [-0.3, -0.25) is 10.1 Å². The van der Waals surface area contributed by atoms with Crippen molar-refractivity contribution < 1.29 is 18.1 Å². The van der Waals surface area contributed by atoms with Gasteiger partial charge in [-0.25, -0.2) is 0 Å². The summed E-state index contributed by atoms with van der Waals surface area (Å²) in [5.41, 5.74) is -1.69. The van der Waals surface area contributed by atoms with Gasteiger partial charge in [0.05, 0.1) is 16.4 Å². The Kier molecular flexibility index (Phi) is 8.38. The van der Waals surface area contributed by atoms with Crippen LogP contribution in [-0.2, 0) is 6.18 Å². The van der Waals surface area contributed by atoms with Crippen LogP contribution in [0.1, 0.15) is 51.5 Å². The molecule has 0 bridgehead atoms. The average Bonchev–Trinajstić information content (AvgIpc) is 2.52. The first-order valence-electron chi connectivity index (χ1n) is 8.00. The highest BCUT2D eigenvalue weighted by atomic mass is 32.2. The Morgan fingerprint density at radius 1 is 1.29 bits per heavy atom. The smallest absolute Gasteiger partial charge is 0.376 e. The monoisotopic (exact) mass is 364 g/mol. The minimum atomic E-state index is -4.63. The number of anilines is 1. The van der Waals surface area contributed by atoms with Gasteiger partial charge >= 0.3 is 6.18 Å². The van der Waals surface area contributed by atoms with Gasteiger partial charge in [0, 0.05) is 23.1 Å². The van der Waals surface area contributed by atoms with Crippen molar-refractivity contribution in [1.29, 1.82) is 0 Å². The van der Waals surface area contributed by atoms with Crippen LogP contribution in [0.2, 0.25) is 0 Å². The number of benzene rings is 1. The van der Waals surface area contributed by atoms with Gasteiger partial charge in [-0.05, 0) is 18.9 Å². The van der Waals surface area contributed by atoms with Crippen molar-refractivity contribution in [2.45, 2.75) is 57.4 Å². The Morgan fingerprint density at radius 3 is 2.54 bits per heavy atom. The predicted octanol–water partition coefficient (Wildman–Crippen LogP) is 6.08. The summed E-state index contributed by atoms with van der Waals surface area (Å²) < 4.78 is 39.2. The van der Waals surface area contributed by atoms with Gasteiger partial charge in [0.1, 0.15) is 0 Å². The van der Waals surface area contributed by atoms with Crippen LogP contribution in [-0.4, -0.2) is 16.1 Å². The highest BCUT2D eigenvalue weighted by molar-refractivity contribution is 7.99. The fourth-order valence-corrected chi connectivity index (χ4v) is 3.34. The lowest BCUT2D eigenvalue weighted by molar-refractivity contribution is -0.385. The molecule has 0 fully saturated rings. The molecule has 0 aliphatic heterocycles. The van der Waals surface area contributed by atoms with Crippen LogP contribution >= 0.6 is 11.8 Å². The van der Waals surface area contributed by atoms with E-state index in [4.69, 9.17) is 0 Å².